The van der Waals surface area contributed by atoms with Crippen LogP contribution in [0, 0.1) is 0 Å². The first-order valence-corrected chi connectivity index (χ1v) is 8.32. The summed E-state index contributed by atoms with van der Waals surface area (Å²) in [7, 11) is 3.48. The third kappa shape index (κ3) is 12.1. The van der Waals surface area contributed by atoms with E-state index in [0.717, 1.165) is 31.9 Å². The number of rotatable bonds is 8. The predicted octanol–water partition coefficient (Wildman–Crippen LogP) is 2.17. The Morgan fingerprint density at radius 1 is 1.29 bits per heavy atom. The summed E-state index contributed by atoms with van der Waals surface area (Å²) >= 11 is 1.81. The highest BCUT2D eigenvalue weighted by atomic mass is 127. The number of nitrogens with zero attached hydrogens (tertiary/aromatic N) is 2. The molecule has 0 aliphatic carbocycles. The van der Waals surface area contributed by atoms with Crippen LogP contribution in [0.4, 0.5) is 0 Å². The molecule has 2 N–H and O–H groups in total. The van der Waals surface area contributed by atoms with Gasteiger partial charge in [0.1, 0.15) is 6.54 Å². The zero-order valence-electron chi connectivity index (χ0n) is 14.2. The van der Waals surface area contributed by atoms with Gasteiger partial charge in [-0.05, 0) is 26.5 Å². The van der Waals surface area contributed by atoms with Gasteiger partial charge >= 0.3 is 0 Å². The lowest BCUT2D eigenvalue weighted by Crippen LogP contribution is -2.44. The van der Waals surface area contributed by atoms with Crippen molar-refractivity contribution in [2.75, 3.05) is 40.0 Å². The zero-order valence-corrected chi connectivity index (χ0v) is 17.3. The Labute approximate surface area is 151 Å². The van der Waals surface area contributed by atoms with Crippen LogP contribution in [0.5, 0.6) is 0 Å². The molecule has 0 aromatic carbocycles. The molecule has 1 amide bonds. The van der Waals surface area contributed by atoms with E-state index in [1.54, 1.807) is 30.8 Å². The maximum absolute atomic E-state index is 11.6. The van der Waals surface area contributed by atoms with E-state index in [-0.39, 0.29) is 41.2 Å². The smallest absolute Gasteiger partial charge is 0.243 e. The Morgan fingerprint density at radius 2 is 1.90 bits per heavy atom. The first-order chi connectivity index (χ1) is 9.32. The van der Waals surface area contributed by atoms with Crippen molar-refractivity contribution in [2.45, 2.75) is 38.4 Å². The molecule has 0 rings (SSSR count). The number of thioether (sulfide) groups is 1. The van der Waals surface area contributed by atoms with Crippen LogP contribution in [0.2, 0.25) is 0 Å². The largest absolute Gasteiger partial charge is 0.356 e. The third-order valence-corrected chi connectivity index (χ3v) is 4.18. The number of hydrogen-bond acceptors (Lipinski definition) is 3. The number of carbonyl (C=O) groups is 1. The number of hydrogen-bond donors (Lipinski definition) is 2. The van der Waals surface area contributed by atoms with Crippen molar-refractivity contribution >= 4 is 47.6 Å². The van der Waals surface area contributed by atoms with Gasteiger partial charge in [-0.15, -0.1) is 24.0 Å². The van der Waals surface area contributed by atoms with Crippen LogP contribution in [0.15, 0.2) is 4.99 Å². The van der Waals surface area contributed by atoms with E-state index in [1.165, 1.54) is 0 Å². The highest BCUT2D eigenvalue weighted by Gasteiger charge is 2.16. The number of amides is 1. The van der Waals surface area contributed by atoms with Crippen molar-refractivity contribution in [2.24, 2.45) is 4.99 Å². The van der Waals surface area contributed by atoms with Gasteiger partial charge in [0.05, 0.1) is 0 Å². The van der Waals surface area contributed by atoms with E-state index in [4.69, 9.17) is 0 Å². The molecule has 0 saturated carbocycles. The Hall–Kier alpha value is -0.180. The molecule has 21 heavy (non-hydrogen) atoms. The molecule has 0 fully saturated rings. The first kappa shape index (κ1) is 23.1. The molecule has 0 spiro atoms. The summed E-state index contributed by atoms with van der Waals surface area (Å²) < 4.78 is 0.138. The Morgan fingerprint density at radius 3 is 2.38 bits per heavy atom. The Kier molecular flexibility index (Phi) is 13.6. The SMILES string of the molecule is CCCCNC(=NCC(=O)N(C)C)NCC(C)(C)SC.I. The van der Waals surface area contributed by atoms with Gasteiger partial charge in [-0.1, -0.05) is 13.3 Å². The van der Waals surface area contributed by atoms with E-state index in [0.29, 0.717) is 0 Å². The van der Waals surface area contributed by atoms with E-state index in [1.807, 2.05) is 0 Å². The van der Waals surface area contributed by atoms with E-state index in [9.17, 15) is 4.79 Å². The fourth-order valence-corrected chi connectivity index (χ4v) is 1.43. The lowest BCUT2D eigenvalue weighted by atomic mass is 10.2. The molecule has 5 nitrogen and oxygen atoms in total. The minimum atomic E-state index is 0. The maximum atomic E-state index is 11.6. The molecular weight excluding hydrogens is 399 g/mol. The minimum Gasteiger partial charge on any atom is -0.356 e. The number of carbonyl (C=O) groups excluding carboxylic acids is 1. The van der Waals surface area contributed by atoms with Crippen LogP contribution in [0.3, 0.4) is 0 Å². The summed E-state index contributed by atoms with van der Waals surface area (Å²) in [6, 6.07) is 0. The summed E-state index contributed by atoms with van der Waals surface area (Å²) in [6.07, 6.45) is 4.32. The number of halogens is 1. The van der Waals surface area contributed by atoms with Gasteiger partial charge in [-0.3, -0.25) is 4.79 Å². The second-order valence-corrected chi connectivity index (χ2v) is 7.06. The topological polar surface area (TPSA) is 56.7 Å². The molecule has 126 valence electrons. The van der Waals surface area contributed by atoms with Crippen molar-refractivity contribution in [3.8, 4) is 0 Å². The molecular formula is C14H31IN4OS. The van der Waals surface area contributed by atoms with Crippen molar-refractivity contribution < 1.29 is 4.79 Å². The van der Waals surface area contributed by atoms with Gasteiger partial charge < -0.3 is 15.5 Å². The molecule has 7 heteroatoms. The predicted molar refractivity (Wildman–Crippen MR) is 105 cm³/mol. The molecule has 0 unspecified atom stereocenters. The molecule has 0 radical (unpaired) electrons. The summed E-state index contributed by atoms with van der Waals surface area (Å²) in [5.41, 5.74) is 0. The Balaban J connectivity index is 0. The number of aliphatic imine (C=N–C) groups is 1. The van der Waals surface area contributed by atoms with Crippen molar-refractivity contribution in [3.63, 3.8) is 0 Å². The molecule has 0 atom stereocenters. The number of unbranched alkanes of at least 4 members (excludes halogenated alkanes) is 1. The van der Waals surface area contributed by atoms with Crippen molar-refractivity contribution in [1.29, 1.82) is 0 Å². The standard InChI is InChI=1S/C14H30N4OS.HI/c1-7-8-9-15-13(16-10-12(19)18(4)5)17-11-14(2,3)20-6;/h7-11H2,1-6H3,(H2,15,16,17);1H. The number of guanidine groups is 1. The quantitative estimate of drug-likeness (QED) is 0.268. The van der Waals surface area contributed by atoms with Gasteiger partial charge in [0.2, 0.25) is 5.91 Å². The summed E-state index contributed by atoms with van der Waals surface area (Å²) in [4.78, 5) is 17.5. The van der Waals surface area contributed by atoms with E-state index in [2.05, 4.69) is 42.7 Å². The number of likely N-dealkylation sites (N-methyl/N-ethyl adjacent to an activating group) is 1. The van der Waals surface area contributed by atoms with Crippen molar-refractivity contribution in [3.05, 3.63) is 0 Å². The number of nitrogens with one attached hydrogen (secondary N) is 2. The van der Waals surface area contributed by atoms with Gasteiger partial charge in [0.15, 0.2) is 5.96 Å². The van der Waals surface area contributed by atoms with Gasteiger partial charge in [0.25, 0.3) is 0 Å². The van der Waals surface area contributed by atoms with Gasteiger partial charge in [-0.2, -0.15) is 11.8 Å². The zero-order chi connectivity index (χ0) is 15.6. The third-order valence-electron chi connectivity index (χ3n) is 2.93. The molecule has 0 aromatic heterocycles. The first-order valence-electron chi connectivity index (χ1n) is 7.10. The highest BCUT2D eigenvalue weighted by molar-refractivity contribution is 14.0. The van der Waals surface area contributed by atoms with Crippen LogP contribution in [-0.2, 0) is 4.79 Å². The maximum Gasteiger partial charge on any atom is 0.243 e. The molecule has 0 bridgehead atoms. The van der Waals surface area contributed by atoms with Crippen LogP contribution in [-0.4, -0.2) is 61.5 Å². The summed E-state index contributed by atoms with van der Waals surface area (Å²) in [6.45, 7) is 8.37. The van der Waals surface area contributed by atoms with Crippen LogP contribution < -0.4 is 10.6 Å². The molecule has 0 aliphatic heterocycles. The summed E-state index contributed by atoms with van der Waals surface area (Å²) in [5, 5.41) is 6.58. The lowest BCUT2D eigenvalue weighted by Gasteiger charge is -2.24. The fourth-order valence-electron chi connectivity index (χ4n) is 1.21. The second-order valence-electron chi connectivity index (χ2n) is 5.55. The average Bonchev–Trinajstić information content (AvgIpc) is 2.40. The normalized spacial score (nSPS) is 11.6. The van der Waals surface area contributed by atoms with E-state index < -0.39 is 0 Å². The van der Waals surface area contributed by atoms with Crippen LogP contribution in [0.25, 0.3) is 0 Å². The molecule has 0 saturated heterocycles. The Bertz CT molecular complexity index is 322. The monoisotopic (exact) mass is 430 g/mol. The van der Waals surface area contributed by atoms with E-state index >= 15 is 0 Å². The molecule has 0 aliphatic rings. The second kappa shape index (κ2) is 12.4. The highest BCUT2D eigenvalue weighted by Crippen LogP contribution is 2.19. The lowest BCUT2D eigenvalue weighted by molar-refractivity contribution is -0.127. The average molecular weight is 430 g/mol. The van der Waals surface area contributed by atoms with Crippen LogP contribution >= 0.6 is 35.7 Å². The van der Waals surface area contributed by atoms with Crippen LogP contribution in [0.1, 0.15) is 33.6 Å². The molecule has 0 aromatic rings. The van der Waals surface area contributed by atoms with Gasteiger partial charge in [-0.25, -0.2) is 4.99 Å². The molecule has 0 heterocycles. The van der Waals surface area contributed by atoms with Crippen molar-refractivity contribution in [1.82, 2.24) is 15.5 Å². The van der Waals surface area contributed by atoms with Gasteiger partial charge in [0, 0.05) is 31.9 Å². The minimum absolute atomic E-state index is 0. The fraction of sp³-hybridized carbons (Fsp3) is 0.857. The summed E-state index contributed by atoms with van der Waals surface area (Å²) in [5.74, 6) is 0.724.